The van der Waals surface area contributed by atoms with Crippen LogP contribution in [0.2, 0.25) is 0 Å². The summed E-state index contributed by atoms with van der Waals surface area (Å²) >= 11 is 15.7. The third-order valence-electron chi connectivity index (χ3n) is 3.25. The maximum Gasteiger partial charge on any atom is 0.123 e. The fraction of sp³-hybridized carbons (Fsp3) is 0.267. The summed E-state index contributed by atoms with van der Waals surface area (Å²) in [4.78, 5) is 4.14. The highest BCUT2D eigenvalue weighted by molar-refractivity contribution is 9.10. The summed E-state index contributed by atoms with van der Waals surface area (Å²) in [5.74, 6) is 0.341. The molecule has 0 aliphatic rings. The lowest BCUT2D eigenvalue weighted by Crippen LogP contribution is -2.33. The third-order valence-corrected chi connectivity index (χ3v) is 4.71. The molecular weight excluding hydrogens is 364 g/mol. The van der Waals surface area contributed by atoms with Crippen molar-refractivity contribution in [3.05, 3.63) is 64.1 Å². The maximum atomic E-state index is 13.5. The zero-order valence-electron chi connectivity index (χ0n) is 10.6. The van der Waals surface area contributed by atoms with Gasteiger partial charge in [0.05, 0.1) is 0 Å². The van der Waals surface area contributed by atoms with Crippen LogP contribution >= 0.6 is 39.1 Å². The van der Waals surface area contributed by atoms with Crippen LogP contribution in [0.25, 0.3) is 0 Å². The fourth-order valence-corrected chi connectivity index (χ4v) is 3.34. The molecule has 2 rings (SSSR count). The second-order valence-corrected chi connectivity index (χ2v) is 6.20. The Morgan fingerprint density at radius 2 is 1.90 bits per heavy atom. The predicted octanol–water partition coefficient (Wildman–Crippen LogP) is 4.94. The van der Waals surface area contributed by atoms with Crippen molar-refractivity contribution < 1.29 is 4.39 Å². The quantitative estimate of drug-likeness (QED) is 0.673. The van der Waals surface area contributed by atoms with E-state index in [1.54, 1.807) is 18.5 Å². The van der Waals surface area contributed by atoms with Crippen molar-refractivity contribution in [3.63, 3.8) is 0 Å². The number of rotatable bonds is 5. The third kappa shape index (κ3) is 3.51. The summed E-state index contributed by atoms with van der Waals surface area (Å²) in [6.07, 6.45) is 4.10. The molecule has 1 aromatic carbocycles. The van der Waals surface area contributed by atoms with Gasteiger partial charge in [0.15, 0.2) is 0 Å². The van der Waals surface area contributed by atoms with Crippen LogP contribution in [0.3, 0.4) is 0 Å². The molecule has 0 atom stereocenters. The van der Waals surface area contributed by atoms with Gasteiger partial charge in [0.25, 0.3) is 0 Å². The van der Waals surface area contributed by atoms with E-state index in [0.29, 0.717) is 18.2 Å². The van der Waals surface area contributed by atoms with Gasteiger partial charge in [-0.1, -0.05) is 12.1 Å². The molecule has 0 saturated heterocycles. The molecular formula is C15H13BrCl2FN. The van der Waals surface area contributed by atoms with E-state index in [9.17, 15) is 4.39 Å². The summed E-state index contributed by atoms with van der Waals surface area (Å²) in [5, 5.41) is 0. The predicted molar refractivity (Wildman–Crippen MR) is 85.2 cm³/mol. The van der Waals surface area contributed by atoms with Gasteiger partial charge in [-0.05, 0) is 51.7 Å². The Hall–Kier alpha value is -0.640. The number of hydrogen-bond donors (Lipinski definition) is 0. The first-order chi connectivity index (χ1) is 9.59. The highest BCUT2D eigenvalue weighted by Crippen LogP contribution is 2.32. The topological polar surface area (TPSA) is 12.9 Å². The lowest BCUT2D eigenvalue weighted by atomic mass is 9.79. The summed E-state index contributed by atoms with van der Waals surface area (Å²) in [6, 6.07) is 8.42. The molecule has 1 aromatic heterocycles. The summed E-state index contributed by atoms with van der Waals surface area (Å²) in [6.45, 7) is 0. The maximum absolute atomic E-state index is 13.5. The van der Waals surface area contributed by atoms with Gasteiger partial charge >= 0.3 is 0 Å². The standard InChI is InChI=1S/C15H13BrCl2FN/c16-13-4-11(7-20-8-13)6-15(9-17,10-18)12-2-1-3-14(19)5-12/h1-5,7-8H,6,9-10H2. The van der Waals surface area contributed by atoms with Crippen molar-refractivity contribution in [3.8, 4) is 0 Å². The number of aromatic nitrogens is 1. The van der Waals surface area contributed by atoms with Crippen molar-refractivity contribution >= 4 is 39.1 Å². The fourth-order valence-electron chi connectivity index (χ4n) is 2.15. The SMILES string of the molecule is Fc1cccc(C(CCl)(CCl)Cc2cncc(Br)c2)c1. The minimum atomic E-state index is -0.506. The van der Waals surface area contributed by atoms with Crippen LogP contribution in [0.15, 0.2) is 47.2 Å². The van der Waals surface area contributed by atoms with Crippen molar-refractivity contribution in [2.45, 2.75) is 11.8 Å². The largest absolute Gasteiger partial charge is 0.263 e. The van der Waals surface area contributed by atoms with Crippen LogP contribution in [-0.2, 0) is 11.8 Å². The van der Waals surface area contributed by atoms with Gasteiger partial charge in [-0.15, -0.1) is 23.2 Å². The van der Waals surface area contributed by atoms with E-state index in [4.69, 9.17) is 23.2 Å². The normalized spacial score (nSPS) is 11.6. The van der Waals surface area contributed by atoms with Crippen molar-refractivity contribution in [1.82, 2.24) is 4.98 Å². The Kier molecular flexibility index (Phi) is 5.42. The van der Waals surface area contributed by atoms with Gasteiger partial charge in [0.1, 0.15) is 5.82 Å². The molecule has 0 bridgehead atoms. The first-order valence-electron chi connectivity index (χ1n) is 6.07. The smallest absolute Gasteiger partial charge is 0.123 e. The van der Waals surface area contributed by atoms with Gasteiger partial charge < -0.3 is 0 Å². The Morgan fingerprint density at radius 3 is 2.50 bits per heavy atom. The molecule has 0 aliphatic carbocycles. The Balaban J connectivity index is 2.39. The van der Waals surface area contributed by atoms with Gasteiger partial charge in [0.2, 0.25) is 0 Å². The van der Waals surface area contributed by atoms with Gasteiger partial charge in [0, 0.05) is 34.0 Å². The van der Waals surface area contributed by atoms with Crippen molar-refractivity contribution in [2.75, 3.05) is 11.8 Å². The van der Waals surface area contributed by atoms with E-state index in [2.05, 4.69) is 20.9 Å². The zero-order chi connectivity index (χ0) is 14.6. The van der Waals surface area contributed by atoms with Gasteiger partial charge in [-0.3, -0.25) is 4.98 Å². The Bertz CT molecular complexity index is 588. The average molecular weight is 377 g/mol. The molecule has 0 unspecified atom stereocenters. The molecule has 0 N–H and O–H groups in total. The second kappa shape index (κ2) is 6.88. The number of nitrogens with zero attached hydrogens (tertiary/aromatic N) is 1. The van der Waals surface area contributed by atoms with Crippen LogP contribution in [0.1, 0.15) is 11.1 Å². The van der Waals surface area contributed by atoms with Crippen LogP contribution < -0.4 is 0 Å². The highest BCUT2D eigenvalue weighted by Gasteiger charge is 2.31. The minimum Gasteiger partial charge on any atom is -0.263 e. The molecule has 2 aromatic rings. The number of alkyl halides is 2. The molecule has 5 heteroatoms. The van der Waals surface area contributed by atoms with E-state index in [-0.39, 0.29) is 5.82 Å². The lowest BCUT2D eigenvalue weighted by molar-refractivity contribution is 0.527. The molecule has 0 spiro atoms. The molecule has 0 radical (unpaired) electrons. The Morgan fingerprint density at radius 1 is 1.15 bits per heavy atom. The summed E-state index contributed by atoms with van der Waals surface area (Å²) < 4.78 is 14.4. The Labute approximate surface area is 136 Å². The highest BCUT2D eigenvalue weighted by atomic mass is 79.9. The van der Waals surface area contributed by atoms with Crippen LogP contribution in [0.4, 0.5) is 4.39 Å². The van der Waals surface area contributed by atoms with Gasteiger partial charge in [-0.2, -0.15) is 0 Å². The first-order valence-corrected chi connectivity index (χ1v) is 7.93. The van der Waals surface area contributed by atoms with E-state index in [1.807, 2.05) is 12.1 Å². The van der Waals surface area contributed by atoms with Crippen LogP contribution in [-0.4, -0.2) is 16.7 Å². The van der Waals surface area contributed by atoms with E-state index in [0.717, 1.165) is 15.6 Å². The van der Waals surface area contributed by atoms with E-state index in [1.165, 1.54) is 12.1 Å². The minimum absolute atomic E-state index is 0.283. The molecule has 0 amide bonds. The summed E-state index contributed by atoms with van der Waals surface area (Å²) in [5.41, 5.74) is 1.31. The molecule has 0 saturated carbocycles. The molecule has 0 fully saturated rings. The molecule has 1 nitrogen and oxygen atoms in total. The lowest BCUT2D eigenvalue weighted by Gasteiger charge is -2.30. The zero-order valence-corrected chi connectivity index (χ0v) is 13.7. The summed E-state index contributed by atoms with van der Waals surface area (Å²) in [7, 11) is 0. The van der Waals surface area contributed by atoms with Gasteiger partial charge in [-0.25, -0.2) is 4.39 Å². The first kappa shape index (κ1) is 15.7. The van der Waals surface area contributed by atoms with E-state index >= 15 is 0 Å². The molecule has 106 valence electrons. The number of hydrogen-bond acceptors (Lipinski definition) is 1. The van der Waals surface area contributed by atoms with Crippen LogP contribution in [0, 0.1) is 5.82 Å². The second-order valence-electron chi connectivity index (χ2n) is 4.75. The van der Waals surface area contributed by atoms with Crippen molar-refractivity contribution in [1.29, 1.82) is 0 Å². The molecule has 0 aliphatic heterocycles. The number of pyridine rings is 1. The number of benzene rings is 1. The van der Waals surface area contributed by atoms with Crippen LogP contribution in [0.5, 0.6) is 0 Å². The average Bonchev–Trinajstić information content (AvgIpc) is 2.45. The molecule has 20 heavy (non-hydrogen) atoms. The van der Waals surface area contributed by atoms with E-state index < -0.39 is 5.41 Å². The van der Waals surface area contributed by atoms with Crippen molar-refractivity contribution in [2.24, 2.45) is 0 Å². The molecule has 1 heterocycles. The number of halogens is 4. The monoisotopic (exact) mass is 375 g/mol.